The number of nitrogens with one attached hydrogen (secondary N) is 1. The van der Waals surface area contributed by atoms with Crippen molar-refractivity contribution in [3.05, 3.63) is 24.3 Å². The van der Waals surface area contributed by atoms with Crippen molar-refractivity contribution in [2.75, 3.05) is 19.0 Å². The Morgan fingerprint density at radius 2 is 2.13 bits per heavy atom. The average Bonchev–Trinajstić information content (AvgIpc) is 2.71. The number of nitrogens with zero attached hydrogens (tertiary/aromatic N) is 1. The number of hydrogen-bond acceptors (Lipinski definition) is 3. The highest BCUT2D eigenvalue weighted by Crippen LogP contribution is 2.24. The monoisotopic (exact) mass is 270 g/mol. The van der Waals surface area contributed by atoms with Gasteiger partial charge < -0.3 is 10.1 Å². The molecular formula is C11H15BrN2O. The zero-order valence-corrected chi connectivity index (χ0v) is 10.4. The molecule has 0 aliphatic carbocycles. The Morgan fingerprint density at radius 1 is 1.33 bits per heavy atom. The summed E-state index contributed by atoms with van der Waals surface area (Å²) in [5.74, 6) is 1.93. The van der Waals surface area contributed by atoms with Crippen molar-refractivity contribution in [3.63, 3.8) is 0 Å². The Hall–Kier alpha value is -1.03. The van der Waals surface area contributed by atoms with Gasteiger partial charge in [0.25, 0.3) is 0 Å². The number of anilines is 1. The predicted molar refractivity (Wildman–Crippen MR) is 68.5 cm³/mol. The minimum Gasteiger partial charge on any atom is -0.495 e. The van der Waals surface area contributed by atoms with Gasteiger partial charge in [-0.05, 0) is 18.6 Å². The molecule has 15 heavy (non-hydrogen) atoms. The summed E-state index contributed by atoms with van der Waals surface area (Å²) >= 11 is 0. The summed E-state index contributed by atoms with van der Waals surface area (Å²) < 4.78 is 5.24. The lowest BCUT2D eigenvalue weighted by Crippen LogP contribution is -2.09. The van der Waals surface area contributed by atoms with E-state index in [9.17, 15) is 0 Å². The highest BCUT2D eigenvalue weighted by atomic mass is 79.9. The molecule has 0 fully saturated rings. The van der Waals surface area contributed by atoms with Crippen molar-refractivity contribution in [1.82, 2.24) is 0 Å². The SMILES string of the molecule is Br.COc1ccccc1NC1=NCCC1. The molecule has 0 bridgehead atoms. The molecule has 0 unspecified atom stereocenters. The smallest absolute Gasteiger partial charge is 0.142 e. The van der Waals surface area contributed by atoms with E-state index in [2.05, 4.69) is 10.3 Å². The predicted octanol–water partition coefficient (Wildman–Crippen LogP) is 2.88. The average molecular weight is 271 g/mol. The second-order valence-corrected chi connectivity index (χ2v) is 3.26. The molecule has 1 heterocycles. The van der Waals surface area contributed by atoms with Crippen molar-refractivity contribution < 1.29 is 4.74 Å². The van der Waals surface area contributed by atoms with Gasteiger partial charge in [0.15, 0.2) is 0 Å². The van der Waals surface area contributed by atoms with Crippen LogP contribution in [0.5, 0.6) is 5.75 Å². The molecule has 1 aromatic rings. The summed E-state index contributed by atoms with van der Waals surface area (Å²) in [5, 5.41) is 3.29. The maximum Gasteiger partial charge on any atom is 0.142 e. The van der Waals surface area contributed by atoms with Crippen LogP contribution in [0.25, 0.3) is 0 Å². The first kappa shape index (κ1) is 12.0. The molecule has 0 radical (unpaired) electrons. The maximum absolute atomic E-state index is 5.24. The van der Waals surface area contributed by atoms with Crippen molar-refractivity contribution in [1.29, 1.82) is 0 Å². The van der Waals surface area contributed by atoms with E-state index in [-0.39, 0.29) is 17.0 Å². The lowest BCUT2D eigenvalue weighted by atomic mass is 10.2. The lowest BCUT2D eigenvalue weighted by molar-refractivity contribution is 0.417. The van der Waals surface area contributed by atoms with Crippen LogP contribution in [0.2, 0.25) is 0 Å². The van der Waals surface area contributed by atoms with Crippen molar-refractivity contribution in [2.45, 2.75) is 12.8 Å². The molecule has 1 aromatic carbocycles. The van der Waals surface area contributed by atoms with E-state index in [1.165, 1.54) is 0 Å². The number of hydrogen-bond donors (Lipinski definition) is 1. The number of ether oxygens (including phenoxy) is 1. The first-order valence-electron chi connectivity index (χ1n) is 4.83. The second kappa shape index (κ2) is 5.75. The summed E-state index contributed by atoms with van der Waals surface area (Å²) in [6, 6.07) is 7.89. The van der Waals surface area contributed by atoms with E-state index >= 15 is 0 Å². The van der Waals surface area contributed by atoms with Crippen LogP contribution in [0.4, 0.5) is 5.69 Å². The molecule has 0 aromatic heterocycles. The Balaban J connectivity index is 0.00000112. The molecule has 4 heteroatoms. The Kier molecular flexibility index (Phi) is 4.62. The Bertz CT molecular complexity index is 352. The minimum absolute atomic E-state index is 0. The van der Waals surface area contributed by atoms with Gasteiger partial charge in [-0.2, -0.15) is 0 Å². The van der Waals surface area contributed by atoms with Gasteiger partial charge in [-0.15, -0.1) is 17.0 Å². The maximum atomic E-state index is 5.24. The molecule has 0 atom stereocenters. The number of para-hydroxylation sites is 2. The fourth-order valence-electron chi connectivity index (χ4n) is 1.54. The fraction of sp³-hybridized carbons (Fsp3) is 0.364. The van der Waals surface area contributed by atoms with Crippen LogP contribution in [0.1, 0.15) is 12.8 Å². The fourth-order valence-corrected chi connectivity index (χ4v) is 1.54. The van der Waals surface area contributed by atoms with Crippen molar-refractivity contribution in [3.8, 4) is 5.75 Å². The molecule has 3 nitrogen and oxygen atoms in total. The van der Waals surface area contributed by atoms with Gasteiger partial charge >= 0.3 is 0 Å². The van der Waals surface area contributed by atoms with E-state index in [4.69, 9.17) is 4.74 Å². The number of rotatable bonds is 2. The molecule has 0 spiro atoms. The molecule has 1 aliphatic heterocycles. The molecular weight excluding hydrogens is 256 g/mol. The third kappa shape index (κ3) is 2.96. The van der Waals surface area contributed by atoms with Crippen LogP contribution in [0.3, 0.4) is 0 Å². The van der Waals surface area contributed by atoms with Gasteiger partial charge in [0, 0.05) is 13.0 Å². The van der Waals surface area contributed by atoms with Gasteiger partial charge in [0.05, 0.1) is 12.8 Å². The largest absolute Gasteiger partial charge is 0.495 e. The normalized spacial score (nSPS) is 14.1. The molecule has 2 rings (SSSR count). The Morgan fingerprint density at radius 3 is 2.80 bits per heavy atom. The summed E-state index contributed by atoms with van der Waals surface area (Å²) in [6.45, 7) is 0.942. The van der Waals surface area contributed by atoms with Gasteiger partial charge in [-0.3, -0.25) is 4.99 Å². The van der Waals surface area contributed by atoms with Gasteiger partial charge in [0.1, 0.15) is 11.6 Å². The summed E-state index contributed by atoms with van der Waals surface area (Å²) in [4.78, 5) is 4.36. The van der Waals surface area contributed by atoms with E-state index in [0.717, 1.165) is 36.7 Å². The molecule has 0 amide bonds. The van der Waals surface area contributed by atoms with Crippen LogP contribution in [-0.2, 0) is 0 Å². The Labute approximate surface area is 100 Å². The zero-order chi connectivity index (χ0) is 9.80. The molecule has 0 saturated carbocycles. The number of benzene rings is 1. The summed E-state index contributed by atoms with van der Waals surface area (Å²) in [7, 11) is 1.68. The van der Waals surface area contributed by atoms with Crippen molar-refractivity contribution in [2.24, 2.45) is 4.99 Å². The van der Waals surface area contributed by atoms with Gasteiger partial charge in [-0.1, -0.05) is 12.1 Å². The highest BCUT2D eigenvalue weighted by Gasteiger charge is 2.08. The quantitative estimate of drug-likeness (QED) is 0.897. The van der Waals surface area contributed by atoms with Gasteiger partial charge in [-0.25, -0.2) is 0 Å². The summed E-state index contributed by atoms with van der Waals surface area (Å²) in [5.41, 5.74) is 0.996. The van der Waals surface area contributed by atoms with E-state index in [1.54, 1.807) is 7.11 Å². The summed E-state index contributed by atoms with van der Waals surface area (Å²) in [6.07, 6.45) is 2.19. The van der Waals surface area contributed by atoms with Crippen LogP contribution < -0.4 is 10.1 Å². The number of aliphatic imine (C=N–C) groups is 1. The number of methoxy groups -OCH3 is 1. The third-order valence-corrected chi connectivity index (χ3v) is 2.26. The first-order chi connectivity index (χ1) is 6.90. The van der Waals surface area contributed by atoms with Gasteiger partial charge in [0.2, 0.25) is 0 Å². The topological polar surface area (TPSA) is 33.6 Å². The first-order valence-corrected chi connectivity index (χ1v) is 4.83. The van der Waals surface area contributed by atoms with E-state index in [1.807, 2.05) is 24.3 Å². The third-order valence-electron chi connectivity index (χ3n) is 2.26. The van der Waals surface area contributed by atoms with Crippen molar-refractivity contribution >= 4 is 28.5 Å². The van der Waals surface area contributed by atoms with E-state index in [0.29, 0.717) is 0 Å². The highest BCUT2D eigenvalue weighted by molar-refractivity contribution is 8.93. The standard InChI is InChI=1S/C11H14N2O.BrH/c1-14-10-6-3-2-5-9(10)13-11-7-4-8-12-11;/h2-3,5-6H,4,7-8H2,1H3,(H,12,13);1H. The number of amidine groups is 1. The van der Waals surface area contributed by atoms with E-state index < -0.39 is 0 Å². The van der Waals surface area contributed by atoms with Crippen LogP contribution in [0, 0.1) is 0 Å². The molecule has 0 saturated heterocycles. The second-order valence-electron chi connectivity index (χ2n) is 3.26. The zero-order valence-electron chi connectivity index (χ0n) is 8.69. The molecule has 1 aliphatic rings. The van der Waals surface area contributed by atoms with Crippen LogP contribution in [-0.4, -0.2) is 19.5 Å². The molecule has 1 N–H and O–H groups in total. The molecule has 82 valence electrons. The van der Waals surface area contributed by atoms with Crippen LogP contribution >= 0.6 is 17.0 Å². The number of halogens is 1. The van der Waals surface area contributed by atoms with Crippen LogP contribution in [0.15, 0.2) is 29.3 Å². The lowest BCUT2D eigenvalue weighted by Gasteiger charge is -2.09. The minimum atomic E-state index is 0.